The third kappa shape index (κ3) is 5.58. The number of aliphatic hydroxyl groups excluding tert-OH is 3. The fraction of sp³-hybridized carbons (Fsp3) is 0.667. The molecule has 1 aliphatic heterocycles. The highest BCUT2D eigenvalue weighted by Gasteiger charge is 2.42. The van der Waals surface area contributed by atoms with Gasteiger partial charge in [0.2, 0.25) is 5.95 Å². The fourth-order valence-corrected chi connectivity index (χ4v) is 4.84. The van der Waals surface area contributed by atoms with E-state index in [2.05, 4.69) is 63.2 Å². The summed E-state index contributed by atoms with van der Waals surface area (Å²) in [6, 6.07) is 1.65. The Morgan fingerprint density at radius 2 is 1.81 bits per heavy atom. The van der Waals surface area contributed by atoms with E-state index in [1.807, 2.05) is 6.92 Å². The molecule has 5 unspecified atom stereocenters. The van der Waals surface area contributed by atoms with E-state index in [4.69, 9.17) is 14.7 Å². The number of hydrogen-bond donors (Lipinski definition) is 5. The lowest BCUT2D eigenvalue weighted by Crippen LogP contribution is -2.36. The zero-order valence-electron chi connectivity index (χ0n) is 22.5. The van der Waals surface area contributed by atoms with Gasteiger partial charge in [0, 0.05) is 42.2 Å². The molecule has 2 aromatic rings. The Morgan fingerprint density at radius 1 is 1.08 bits per heavy atom. The number of aliphatic hydroxyl groups is 3. The van der Waals surface area contributed by atoms with Gasteiger partial charge in [-0.2, -0.15) is 4.98 Å². The molecule has 5 N–H and O–H groups in total. The number of nitrogens with one attached hydrogen (secondary N) is 2. The van der Waals surface area contributed by atoms with Crippen LogP contribution in [-0.4, -0.2) is 61.7 Å². The van der Waals surface area contributed by atoms with E-state index in [9.17, 15) is 15.3 Å². The number of nitrogens with zero attached hydrogens (tertiary/aromatic N) is 3. The number of fused-ring (bicyclic) bond motifs is 1. The highest BCUT2D eigenvalue weighted by atomic mass is 16.5. The third-order valence-corrected chi connectivity index (χ3v) is 6.98. The number of anilines is 2. The zero-order valence-corrected chi connectivity index (χ0v) is 22.5. The number of pyridine rings is 1. The summed E-state index contributed by atoms with van der Waals surface area (Å²) in [6.45, 7) is 15.3. The van der Waals surface area contributed by atoms with Crippen molar-refractivity contribution in [1.29, 1.82) is 0 Å². The molecule has 0 saturated heterocycles. The van der Waals surface area contributed by atoms with Crippen molar-refractivity contribution < 1.29 is 20.1 Å². The van der Waals surface area contributed by atoms with Gasteiger partial charge in [0.15, 0.2) is 0 Å². The lowest BCUT2D eigenvalue weighted by atomic mass is 9.90. The van der Waals surface area contributed by atoms with Crippen molar-refractivity contribution in [3.05, 3.63) is 34.8 Å². The van der Waals surface area contributed by atoms with Gasteiger partial charge in [0.05, 0.1) is 29.6 Å². The number of rotatable bonds is 6. The van der Waals surface area contributed by atoms with Crippen LogP contribution in [-0.2, 0) is 11.8 Å². The summed E-state index contributed by atoms with van der Waals surface area (Å²) >= 11 is 0. The van der Waals surface area contributed by atoms with E-state index in [-0.39, 0.29) is 23.5 Å². The normalized spacial score (nSPS) is 26.0. The molecule has 0 amide bonds. The predicted molar refractivity (Wildman–Crippen MR) is 139 cm³/mol. The molecule has 0 aromatic carbocycles. The highest BCUT2D eigenvalue weighted by Crippen LogP contribution is 2.41. The standard InChI is InChI=1S/C27H41N5O4/c1-14-21(18-9-15-10-20(27(5,6)7)28-11-19(15)36-18)24(32-25(30-14)29-13-26(2,3)4)31-17-8-16(12-33)22(34)23(17)35/h10-11,16-18,22-23,33-35H,8-9,12-13H2,1-7H3,(H2,29,30,31,32). The van der Waals surface area contributed by atoms with Gasteiger partial charge in [-0.05, 0) is 24.8 Å². The summed E-state index contributed by atoms with van der Waals surface area (Å²) in [6.07, 6.45) is 0.554. The number of aromatic nitrogens is 3. The smallest absolute Gasteiger partial charge is 0.224 e. The van der Waals surface area contributed by atoms with Crippen LogP contribution >= 0.6 is 0 Å². The summed E-state index contributed by atoms with van der Waals surface area (Å²) in [7, 11) is 0. The van der Waals surface area contributed by atoms with Crippen LogP contribution < -0.4 is 15.4 Å². The van der Waals surface area contributed by atoms with Crippen LogP contribution in [0.5, 0.6) is 5.75 Å². The molecule has 36 heavy (non-hydrogen) atoms. The van der Waals surface area contributed by atoms with Crippen molar-refractivity contribution in [3.63, 3.8) is 0 Å². The molecule has 0 spiro atoms. The van der Waals surface area contributed by atoms with Crippen molar-refractivity contribution in [2.75, 3.05) is 23.8 Å². The average molecular weight is 500 g/mol. The SMILES string of the molecule is Cc1nc(NCC(C)(C)C)nc(NC2CC(CO)C(O)C2O)c1C1Cc2cc(C(C)(C)C)ncc2O1. The van der Waals surface area contributed by atoms with Crippen LogP contribution in [0.15, 0.2) is 12.3 Å². The van der Waals surface area contributed by atoms with E-state index in [1.54, 1.807) is 6.20 Å². The third-order valence-electron chi connectivity index (χ3n) is 6.98. The topological polar surface area (TPSA) is 133 Å². The molecule has 0 bridgehead atoms. The monoisotopic (exact) mass is 499 g/mol. The maximum atomic E-state index is 10.7. The minimum absolute atomic E-state index is 0.0393. The first-order chi connectivity index (χ1) is 16.8. The van der Waals surface area contributed by atoms with Gasteiger partial charge < -0.3 is 30.7 Å². The van der Waals surface area contributed by atoms with Gasteiger partial charge >= 0.3 is 0 Å². The van der Waals surface area contributed by atoms with Crippen molar-refractivity contribution >= 4 is 11.8 Å². The number of hydrogen-bond acceptors (Lipinski definition) is 9. The van der Waals surface area contributed by atoms with Crippen LogP contribution in [0.2, 0.25) is 0 Å². The first kappa shape index (κ1) is 26.6. The minimum atomic E-state index is -1.02. The molecule has 198 valence electrons. The predicted octanol–water partition coefficient (Wildman–Crippen LogP) is 3.13. The number of aryl methyl sites for hydroxylation is 1. The second kappa shape index (κ2) is 9.76. The van der Waals surface area contributed by atoms with Crippen molar-refractivity contribution in [2.24, 2.45) is 11.3 Å². The molecular formula is C27H41N5O4. The zero-order chi connectivity index (χ0) is 26.4. The molecule has 4 rings (SSSR count). The highest BCUT2D eigenvalue weighted by molar-refractivity contribution is 5.55. The summed E-state index contributed by atoms with van der Waals surface area (Å²) in [4.78, 5) is 14.1. The maximum Gasteiger partial charge on any atom is 0.224 e. The van der Waals surface area contributed by atoms with Crippen LogP contribution in [0.3, 0.4) is 0 Å². The Kier molecular flexibility index (Phi) is 7.20. The molecule has 1 aliphatic carbocycles. The van der Waals surface area contributed by atoms with E-state index < -0.39 is 24.2 Å². The van der Waals surface area contributed by atoms with Gasteiger partial charge in [-0.3, -0.25) is 4.98 Å². The summed E-state index contributed by atoms with van der Waals surface area (Å²) < 4.78 is 6.34. The second-order valence-electron chi connectivity index (χ2n) is 12.5. The van der Waals surface area contributed by atoms with E-state index >= 15 is 0 Å². The summed E-state index contributed by atoms with van der Waals surface area (Å²) in [5.41, 5.74) is 3.67. The van der Waals surface area contributed by atoms with Crippen LogP contribution in [0.1, 0.15) is 76.6 Å². The minimum Gasteiger partial charge on any atom is -0.483 e. The molecule has 9 nitrogen and oxygen atoms in total. The fourth-order valence-electron chi connectivity index (χ4n) is 4.84. The molecule has 2 aliphatic rings. The quantitative estimate of drug-likeness (QED) is 0.406. The van der Waals surface area contributed by atoms with Crippen molar-refractivity contribution in [2.45, 2.75) is 91.1 Å². The molecular weight excluding hydrogens is 458 g/mol. The van der Waals surface area contributed by atoms with Crippen LogP contribution in [0.25, 0.3) is 0 Å². The molecule has 1 fully saturated rings. The van der Waals surface area contributed by atoms with Crippen LogP contribution in [0.4, 0.5) is 11.8 Å². The van der Waals surface area contributed by atoms with E-state index in [0.717, 1.165) is 28.3 Å². The molecule has 1 saturated carbocycles. The number of ether oxygens (including phenoxy) is 1. The average Bonchev–Trinajstić information content (AvgIpc) is 3.31. The first-order valence-corrected chi connectivity index (χ1v) is 12.8. The van der Waals surface area contributed by atoms with Gasteiger partial charge in [-0.1, -0.05) is 41.5 Å². The van der Waals surface area contributed by atoms with Gasteiger partial charge in [-0.15, -0.1) is 0 Å². The Bertz CT molecular complexity index is 1090. The maximum absolute atomic E-state index is 10.7. The lowest BCUT2D eigenvalue weighted by Gasteiger charge is -2.25. The van der Waals surface area contributed by atoms with Crippen molar-refractivity contribution in [3.8, 4) is 5.75 Å². The van der Waals surface area contributed by atoms with Gasteiger partial charge in [0.25, 0.3) is 0 Å². The second-order valence-corrected chi connectivity index (χ2v) is 12.5. The largest absolute Gasteiger partial charge is 0.483 e. The van der Waals surface area contributed by atoms with E-state index in [0.29, 0.717) is 31.2 Å². The Hall–Kier alpha value is -2.49. The Labute approximate surface area is 213 Å². The van der Waals surface area contributed by atoms with E-state index in [1.165, 1.54) is 0 Å². The lowest BCUT2D eigenvalue weighted by molar-refractivity contribution is 0.00444. The van der Waals surface area contributed by atoms with Gasteiger partial charge in [-0.25, -0.2) is 4.98 Å². The van der Waals surface area contributed by atoms with Gasteiger partial charge in [0.1, 0.15) is 23.8 Å². The first-order valence-electron chi connectivity index (χ1n) is 12.8. The molecule has 3 heterocycles. The van der Waals surface area contributed by atoms with Crippen molar-refractivity contribution in [1.82, 2.24) is 15.0 Å². The van der Waals surface area contributed by atoms with Crippen LogP contribution in [0, 0.1) is 18.3 Å². The summed E-state index contributed by atoms with van der Waals surface area (Å²) in [5, 5.41) is 37.3. The Balaban J connectivity index is 1.67. The summed E-state index contributed by atoms with van der Waals surface area (Å²) in [5.74, 6) is 1.42. The molecule has 2 aromatic heterocycles. The molecule has 0 radical (unpaired) electrons. The molecule has 5 atom stereocenters. The Morgan fingerprint density at radius 3 is 2.42 bits per heavy atom. The molecule has 9 heteroatoms.